The number of aromatic carboxylic acids is 1. The molecule has 0 aliphatic carbocycles. The van der Waals surface area contributed by atoms with Crippen molar-refractivity contribution in [3.8, 4) is 0 Å². The Morgan fingerprint density at radius 2 is 2.24 bits per heavy atom. The average molecular weight is 249 g/mol. The summed E-state index contributed by atoms with van der Waals surface area (Å²) in [5.74, 6) is -1.54. The lowest BCUT2D eigenvalue weighted by Crippen LogP contribution is -2.14. The lowest BCUT2D eigenvalue weighted by molar-refractivity contribution is 0.0697. The molecule has 2 rings (SSSR count). The second-order valence-corrected chi connectivity index (χ2v) is 3.91. The number of carbonyl (C=O) groups excluding carboxylic acids is 1. The van der Waals surface area contributed by atoms with E-state index in [-0.39, 0.29) is 11.4 Å². The Balaban J connectivity index is 2.25. The number of aromatic nitrogens is 2. The number of hydrogen-bond acceptors (Lipinski definition) is 5. The van der Waals surface area contributed by atoms with Gasteiger partial charge in [0.25, 0.3) is 5.91 Å². The maximum absolute atomic E-state index is 11.7. The standard InChI is InChI=1S/C10H7N3O3S/c14-9(7-4-11-5-17-7)13-8-6(10(15)16)2-1-3-12-8/h1-5H,(H,15,16)(H,12,13,14). The van der Waals surface area contributed by atoms with Crippen LogP contribution >= 0.6 is 11.3 Å². The fourth-order valence-electron chi connectivity index (χ4n) is 1.17. The first-order chi connectivity index (χ1) is 8.18. The average Bonchev–Trinajstić information content (AvgIpc) is 2.83. The highest BCUT2D eigenvalue weighted by Crippen LogP contribution is 2.14. The fourth-order valence-corrected chi connectivity index (χ4v) is 1.69. The van der Waals surface area contributed by atoms with Gasteiger partial charge in [0.05, 0.1) is 11.7 Å². The molecule has 0 aliphatic heterocycles. The van der Waals surface area contributed by atoms with Crippen LogP contribution in [0.2, 0.25) is 0 Å². The molecule has 0 bridgehead atoms. The van der Waals surface area contributed by atoms with Crippen molar-refractivity contribution in [3.63, 3.8) is 0 Å². The highest BCUT2D eigenvalue weighted by atomic mass is 32.1. The predicted molar refractivity (Wildman–Crippen MR) is 61.3 cm³/mol. The molecule has 0 saturated heterocycles. The van der Waals surface area contributed by atoms with Gasteiger partial charge in [-0.15, -0.1) is 11.3 Å². The van der Waals surface area contributed by atoms with Crippen LogP contribution in [0.1, 0.15) is 20.0 Å². The second-order valence-electron chi connectivity index (χ2n) is 3.02. The van der Waals surface area contributed by atoms with Gasteiger partial charge in [-0.3, -0.25) is 9.78 Å². The summed E-state index contributed by atoms with van der Waals surface area (Å²) in [6.45, 7) is 0. The Labute approximate surface area is 100.0 Å². The van der Waals surface area contributed by atoms with Crippen molar-refractivity contribution in [1.29, 1.82) is 0 Å². The summed E-state index contributed by atoms with van der Waals surface area (Å²) in [7, 11) is 0. The van der Waals surface area contributed by atoms with Gasteiger partial charge in [-0.1, -0.05) is 0 Å². The predicted octanol–water partition coefficient (Wildman–Crippen LogP) is 1.49. The molecule has 2 aromatic rings. The number of nitrogens with one attached hydrogen (secondary N) is 1. The van der Waals surface area contributed by atoms with Crippen molar-refractivity contribution in [1.82, 2.24) is 9.97 Å². The summed E-state index contributed by atoms with van der Waals surface area (Å²) in [6, 6.07) is 2.86. The molecule has 0 aromatic carbocycles. The number of anilines is 1. The molecule has 2 N–H and O–H groups in total. The van der Waals surface area contributed by atoms with Gasteiger partial charge in [0.1, 0.15) is 16.3 Å². The summed E-state index contributed by atoms with van der Waals surface area (Å²) in [5, 5.41) is 11.3. The number of carboxylic acid groups (broad SMARTS) is 1. The molecule has 0 atom stereocenters. The number of hydrogen-bond donors (Lipinski definition) is 2. The fraction of sp³-hybridized carbons (Fsp3) is 0. The molecular formula is C10H7N3O3S. The second kappa shape index (κ2) is 4.71. The topological polar surface area (TPSA) is 92.2 Å². The smallest absolute Gasteiger partial charge is 0.339 e. The van der Waals surface area contributed by atoms with Crippen molar-refractivity contribution in [2.45, 2.75) is 0 Å². The Morgan fingerprint density at radius 3 is 2.88 bits per heavy atom. The third-order valence-electron chi connectivity index (χ3n) is 1.93. The van der Waals surface area contributed by atoms with E-state index in [2.05, 4.69) is 15.3 Å². The van der Waals surface area contributed by atoms with Gasteiger partial charge in [-0.25, -0.2) is 9.78 Å². The molecule has 2 heterocycles. The van der Waals surface area contributed by atoms with Crippen LogP contribution in [-0.4, -0.2) is 27.0 Å². The van der Waals surface area contributed by atoms with Crippen LogP contribution in [0.25, 0.3) is 0 Å². The first-order valence-electron chi connectivity index (χ1n) is 4.56. The van der Waals surface area contributed by atoms with Crippen molar-refractivity contribution in [2.24, 2.45) is 0 Å². The molecule has 0 spiro atoms. The monoisotopic (exact) mass is 249 g/mol. The molecule has 0 fully saturated rings. The molecule has 6 nitrogen and oxygen atoms in total. The van der Waals surface area contributed by atoms with Crippen LogP contribution in [-0.2, 0) is 0 Å². The number of thiazole rings is 1. The van der Waals surface area contributed by atoms with E-state index in [4.69, 9.17) is 5.11 Å². The van der Waals surface area contributed by atoms with Gasteiger partial charge in [0.2, 0.25) is 0 Å². The largest absolute Gasteiger partial charge is 0.478 e. The molecule has 1 amide bonds. The molecule has 86 valence electrons. The quantitative estimate of drug-likeness (QED) is 0.859. The van der Waals surface area contributed by atoms with E-state index >= 15 is 0 Å². The number of carbonyl (C=O) groups is 2. The number of carboxylic acids is 1. The van der Waals surface area contributed by atoms with Crippen molar-refractivity contribution in [2.75, 3.05) is 5.32 Å². The van der Waals surface area contributed by atoms with Crippen molar-refractivity contribution < 1.29 is 14.7 Å². The van der Waals surface area contributed by atoms with E-state index in [9.17, 15) is 9.59 Å². The molecule has 0 aliphatic rings. The minimum absolute atomic E-state index is 0.0263. The molecule has 0 saturated carbocycles. The van der Waals surface area contributed by atoms with E-state index in [1.54, 1.807) is 0 Å². The zero-order chi connectivity index (χ0) is 12.3. The first-order valence-corrected chi connectivity index (χ1v) is 5.44. The summed E-state index contributed by atoms with van der Waals surface area (Å²) in [6.07, 6.45) is 2.82. The Morgan fingerprint density at radius 1 is 1.41 bits per heavy atom. The van der Waals surface area contributed by atoms with E-state index in [1.165, 1.54) is 41.4 Å². The van der Waals surface area contributed by atoms with Crippen LogP contribution in [0.15, 0.2) is 30.0 Å². The van der Waals surface area contributed by atoms with Crippen LogP contribution in [0.4, 0.5) is 5.82 Å². The minimum atomic E-state index is -1.14. The lowest BCUT2D eigenvalue weighted by atomic mass is 10.2. The minimum Gasteiger partial charge on any atom is -0.478 e. The third kappa shape index (κ3) is 2.45. The van der Waals surface area contributed by atoms with Gasteiger partial charge < -0.3 is 10.4 Å². The van der Waals surface area contributed by atoms with Gasteiger partial charge in [0.15, 0.2) is 0 Å². The van der Waals surface area contributed by atoms with Crippen molar-refractivity contribution >= 4 is 29.0 Å². The lowest BCUT2D eigenvalue weighted by Gasteiger charge is -2.05. The van der Waals surface area contributed by atoms with Gasteiger partial charge in [-0.05, 0) is 12.1 Å². The zero-order valence-electron chi connectivity index (χ0n) is 8.45. The third-order valence-corrected chi connectivity index (χ3v) is 2.70. The summed E-state index contributed by atoms with van der Waals surface area (Å²) >= 11 is 1.17. The van der Waals surface area contributed by atoms with Gasteiger partial charge >= 0.3 is 5.97 Å². The van der Waals surface area contributed by atoms with E-state index < -0.39 is 11.9 Å². The zero-order valence-corrected chi connectivity index (χ0v) is 9.27. The maximum atomic E-state index is 11.7. The number of pyridine rings is 1. The maximum Gasteiger partial charge on any atom is 0.339 e. The first kappa shape index (κ1) is 11.2. The summed E-state index contributed by atoms with van der Waals surface area (Å²) in [5.41, 5.74) is 1.47. The van der Waals surface area contributed by atoms with E-state index in [0.717, 1.165) is 0 Å². The highest BCUT2D eigenvalue weighted by molar-refractivity contribution is 7.11. The van der Waals surface area contributed by atoms with Crippen LogP contribution < -0.4 is 5.32 Å². The van der Waals surface area contributed by atoms with Gasteiger partial charge in [0, 0.05) is 6.20 Å². The Kier molecular flexibility index (Phi) is 3.10. The van der Waals surface area contributed by atoms with Crippen LogP contribution in [0.5, 0.6) is 0 Å². The molecule has 17 heavy (non-hydrogen) atoms. The molecule has 0 unspecified atom stereocenters. The highest BCUT2D eigenvalue weighted by Gasteiger charge is 2.14. The number of rotatable bonds is 3. The van der Waals surface area contributed by atoms with Crippen LogP contribution in [0, 0.1) is 0 Å². The molecular weight excluding hydrogens is 242 g/mol. The number of amides is 1. The number of nitrogens with zero attached hydrogens (tertiary/aromatic N) is 2. The van der Waals surface area contributed by atoms with E-state index in [0.29, 0.717) is 4.88 Å². The van der Waals surface area contributed by atoms with E-state index in [1.807, 2.05) is 0 Å². The molecule has 2 aromatic heterocycles. The Bertz CT molecular complexity index is 554. The SMILES string of the molecule is O=C(Nc1ncccc1C(=O)O)c1cncs1. The molecule has 7 heteroatoms. The Hall–Kier alpha value is -2.28. The van der Waals surface area contributed by atoms with Crippen LogP contribution in [0.3, 0.4) is 0 Å². The summed E-state index contributed by atoms with van der Waals surface area (Å²) in [4.78, 5) is 30.5. The van der Waals surface area contributed by atoms with Crippen molar-refractivity contribution in [3.05, 3.63) is 40.5 Å². The normalized spacial score (nSPS) is 9.88. The molecule has 0 radical (unpaired) electrons. The summed E-state index contributed by atoms with van der Waals surface area (Å²) < 4.78 is 0. The van der Waals surface area contributed by atoms with Gasteiger partial charge in [-0.2, -0.15) is 0 Å².